The zero-order valence-electron chi connectivity index (χ0n) is 21.1. The second kappa shape index (κ2) is 10.9. The van der Waals surface area contributed by atoms with Crippen molar-refractivity contribution in [2.75, 3.05) is 12.4 Å². The van der Waals surface area contributed by atoms with Crippen molar-refractivity contribution in [3.05, 3.63) is 87.8 Å². The summed E-state index contributed by atoms with van der Waals surface area (Å²) in [6.07, 6.45) is 2.76. The van der Waals surface area contributed by atoms with Gasteiger partial charge in [-0.05, 0) is 59.5 Å². The number of hydrogen-bond donors (Lipinski definition) is 2. The van der Waals surface area contributed by atoms with E-state index < -0.39 is 5.92 Å². The monoisotopic (exact) mass is 520 g/mol. The van der Waals surface area contributed by atoms with Crippen LogP contribution in [-0.4, -0.2) is 24.1 Å². The molecular formula is C29H32N2O3S2. The molecule has 1 unspecified atom stereocenters. The highest BCUT2D eigenvalue weighted by atomic mass is 32.1. The molecule has 1 heterocycles. The van der Waals surface area contributed by atoms with Crippen molar-refractivity contribution < 1.29 is 14.3 Å². The molecule has 1 atom stereocenters. The first-order valence-electron chi connectivity index (χ1n) is 12.1. The molecule has 0 saturated heterocycles. The average molecular weight is 521 g/mol. The van der Waals surface area contributed by atoms with E-state index in [0.29, 0.717) is 16.5 Å². The minimum absolute atomic E-state index is 0.160. The third-order valence-corrected chi connectivity index (χ3v) is 8.25. The van der Waals surface area contributed by atoms with E-state index in [2.05, 4.69) is 31.4 Å². The van der Waals surface area contributed by atoms with E-state index in [1.54, 1.807) is 0 Å². The molecule has 0 spiro atoms. The molecule has 0 aliphatic heterocycles. The van der Waals surface area contributed by atoms with Crippen LogP contribution in [0.1, 0.15) is 65.0 Å². The highest BCUT2D eigenvalue weighted by Gasteiger charge is 2.34. The first kappa shape index (κ1) is 26.0. The Labute approximate surface area is 222 Å². The molecule has 2 N–H and O–H groups in total. The zero-order valence-corrected chi connectivity index (χ0v) is 22.7. The van der Waals surface area contributed by atoms with Gasteiger partial charge in [0.05, 0.1) is 18.6 Å². The van der Waals surface area contributed by atoms with Crippen molar-refractivity contribution in [1.29, 1.82) is 0 Å². The summed E-state index contributed by atoms with van der Waals surface area (Å²) in [5.41, 5.74) is 3.51. The molecule has 2 aromatic carbocycles. The van der Waals surface area contributed by atoms with Crippen LogP contribution in [0.3, 0.4) is 0 Å². The lowest BCUT2D eigenvalue weighted by molar-refractivity contribution is -0.120. The number of carbonyl (C=O) groups is 2. The van der Waals surface area contributed by atoms with Crippen molar-refractivity contribution in [3.63, 3.8) is 0 Å². The third kappa shape index (κ3) is 5.68. The summed E-state index contributed by atoms with van der Waals surface area (Å²) in [7, 11) is 1.39. The molecule has 3 aromatic rings. The van der Waals surface area contributed by atoms with Crippen LogP contribution in [-0.2, 0) is 22.4 Å². The average Bonchev–Trinajstić information content (AvgIpc) is 3.21. The first-order valence-corrected chi connectivity index (χ1v) is 13.4. The van der Waals surface area contributed by atoms with E-state index in [1.807, 2.05) is 60.7 Å². The summed E-state index contributed by atoms with van der Waals surface area (Å²) in [6, 6.07) is 19.2. The summed E-state index contributed by atoms with van der Waals surface area (Å²) in [4.78, 5) is 27.4. The number of esters is 1. The number of hydrogen-bond acceptors (Lipinski definition) is 5. The van der Waals surface area contributed by atoms with Crippen molar-refractivity contribution in [2.45, 2.75) is 46.0 Å². The van der Waals surface area contributed by atoms with Gasteiger partial charge in [0, 0.05) is 4.88 Å². The summed E-state index contributed by atoms with van der Waals surface area (Å²) in [5, 5.41) is 6.79. The Morgan fingerprint density at radius 1 is 1.03 bits per heavy atom. The Hall–Kier alpha value is -3.03. The van der Waals surface area contributed by atoms with Crippen molar-refractivity contribution in [1.82, 2.24) is 5.32 Å². The fourth-order valence-electron chi connectivity index (χ4n) is 4.84. The number of ether oxygens (including phenoxy) is 1. The van der Waals surface area contributed by atoms with Crippen LogP contribution < -0.4 is 10.6 Å². The van der Waals surface area contributed by atoms with E-state index in [-0.39, 0.29) is 22.4 Å². The molecule has 1 aliphatic carbocycles. The van der Waals surface area contributed by atoms with Crippen LogP contribution in [0.5, 0.6) is 0 Å². The van der Waals surface area contributed by atoms with Gasteiger partial charge < -0.3 is 15.4 Å². The molecular weight excluding hydrogens is 488 g/mol. The van der Waals surface area contributed by atoms with Crippen LogP contribution in [0.25, 0.3) is 0 Å². The molecule has 1 aromatic heterocycles. The normalized spacial score (nSPS) is 15.2. The van der Waals surface area contributed by atoms with Gasteiger partial charge in [0.1, 0.15) is 5.00 Å². The van der Waals surface area contributed by atoms with Gasteiger partial charge in [-0.25, -0.2) is 4.79 Å². The largest absolute Gasteiger partial charge is 0.465 e. The quantitative estimate of drug-likeness (QED) is 0.304. The number of carbonyl (C=O) groups excluding carboxylic acids is 2. The van der Waals surface area contributed by atoms with Crippen LogP contribution >= 0.6 is 23.6 Å². The van der Waals surface area contributed by atoms with E-state index in [1.165, 1.54) is 23.3 Å². The number of methoxy groups -OCH3 is 1. The molecule has 0 fully saturated rings. The lowest BCUT2D eigenvalue weighted by atomic mass is 9.72. The van der Waals surface area contributed by atoms with Crippen molar-refractivity contribution >= 4 is 45.5 Å². The molecule has 5 nitrogen and oxygen atoms in total. The zero-order chi connectivity index (χ0) is 25.9. The van der Waals surface area contributed by atoms with Gasteiger partial charge in [-0.3, -0.25) is 4.79 Å². The number of amides is 1. The fourth-order valence-corrected chi connectivity index (χ4v) is 6.42. The molecule has 0 radical (unpaired) electrons. The third-order valence-electron chi connectivity index (χ3n) is 6.87. The van der Waals surface area contributed by atoms with Gasteiger partial charge in [0.25, 0.3) is 0 Å². The maximum atomic E-state index is 13.4. The Balaban J connectivity index is 1.57. The fraction of sp³-hybridized carbons (Fsp3) is 0.345. The first-order chi connectivity index (χ1) is 17.2. The Morgan fingerprint density at radius 3 is 2.14 bits per heavy atom. The number of thiophene rings is 1. The summed E-state index contributed by atoms with van der Waals surface area (Å²) in [5.74, 6) is -0.606. The molecule has 0 bridgehead atoms. The van der Waals surface area contributed by atoms with Crippen LogP contribution in [0.2, 0.25) is 0 Å². The predicted molar refractivity (Wildman–Crippen MR) is 150 cm³/mol. The minimum atomic E-state index is -0.517. The maximum Gasteiger partial charge on any atom is 0.341 e. The Morgan fingerprint density at radius 2 is 1.61 bits per heavy atom. The number of benzene rings is 2. The Bertz CT molecular complexity index is 1210. The topological polar surface area (TPSA) is 67.4 Å². The van der Waals surface area contributed by atoms with E-state index >= 15 is 0 Å². The van der Waals surface area contributed by atoms with Gasteiger partial charge in [0.2, 0.25) is 5.91 Å². The molecule has 0 saturated carbocycles. The summed E-state index contributed by atoms with van der Waals surface area (Å²) < 4.78 is 5.11. The number of rotatable bonds is 5. The van der Waals surface area contributed by atoms with Gasteiger partial charge in [-0.1, -0.05) is 81.4 Å². The van der Waals surface area contributed by atoms with Crippen molar-refractivity contribution in [2.24, 2.45) is 11.3 Å². The van der Waals surface area contributed by atoms with E-state index in [4.69, 9.17) is 17.0 Å². The molecule has 4 rings (SSSR count). The van der Waals surface area contributed by atoms with Crippen LogP contribution in [0, 0.1) is 11.3 Å². The predicted octanol–water partition coefficient (Wildman–Crippen LogP) is 6.33. The molecule has 1 aliphatic rings. The molecule has 7 heteroatoms. The van der Waals surface area contributed by atoms with Crippen molar-refractivity contribution in [3.8, 4) is 0 Å². The van der Waals surface area contributed by atoms with Gasteiger partial charge in [-0.2, -0.15) is 0 Å². The maximum absolute atomic E-state index is 13.4. The van der Waals surface area contributed by atoms with E-state index in [9.17, 15) is 9.59 Å². The number of anilines is 1. The van der Waals surface area contributed by atoms with Gasteiger partial charge >= 0.3 is 5.97 Å². The standard InChI is InChI=1S/C29H32N2O3S2/c1-29(2,3)20-15-16-21-22(17-20)36-26(24(21)27(33)34-4)31-28(35)30-25(32)23(18-11-7-5-8-12-18)19-13-9-6-10-14-19/h5-14,20,23H,15-17H2,1-4H3,(H2,30,31,32,35). The number of thiocarbonyl (C=S) groups is 1. The highest BCUT2D eigenvalue weighted by Crippen LogP contribution is 2.44. The molecule has 188 valence electrons. The lowest BCUT2D eigenvalue weighted by Gasteiger charge is -2.33. The highest BCUT2D eigenvalue weighted by molar-refractivity contribution is 7.80. The van der Waals surface area contributed by atoms with E-state index in [0.717, 1.165) is 36.0 Å². The van der Waals surface area contributed by atoms with Crippen LogP contribution in [0.4, 0.5) is 5.00 Å². The smallest absolute Gasteiger partial charge is 0.341 e. The Kier molecular flexibility index (Phi) is 7.91. The van der Waals surface area contributed by atoms with Crippen LogP contribution in [0.15, 0.2) is 60.7 Å². The summed E-state index contributed by atoms with van der Waals surface area (Å²) >= 11 is 7.08. The lowest BCUT2D eigenvalue weighted by Crippen LogP contribution is -2.38. The van der Waals surface area contributed by atoms with Gasteiger partial charge in [-0.15, -0.1) is 11.3 Å². The SMILES string of the molecule is COC(=O)c1c(NC(=S)NC(=O)C(c2ccccc2)c2ccccc2)sc2c1CCC(C(C)(C)C)C2. The molecule has 36 heavy (non-hydrogen) atoms. The van der Waals surface area contributed by atoms with Gasteiger partial charge in [0.15, 0.2) is 5.11 Å². The summed E-state index contributed by atoms with van der Waals surface area (Å²) in [6.45, 7) is 6.78. The second-order valence-electron chi connectivity index (χ2n) is 10.2. The minimum Gasteiger partial charge on any atom is -0.465 e. The number of fused-ring (bicyclic) bond motifs is 1. The number of nitrogens with one attached hydrogen (secondary N) is 2. The second-order valence-corrected chi connectivity index (χ2v) is 11.7. The molecule has 1 amide bonds.